The zero-order valence-electron chi connectivity index (χ0n) is 7.30. The molecule has 0 spiro atoms. The fourth-order valence-corrected chi connectivity index (χ4v) is 1.84. The van der Waals surface area contributed by atoms with Crippen molar-refractivity contribution in [3.63, 3.8) is 0 Å². The number of hydrogen-bond donors (Lipinski definition) is 1. The normalized spacial score (nSPS) is 19.8. The van der Waals surface area contributed by atoms with Gasteiger partial charge in [0.15, 0.2) is 0 Å². The van der Waals surface area contributed by atoms with E-state index >= 15 is 0 Å². The van der Waals surface area contributed by atoms with E-state index in [9.17, 15) is 4.79 Å². The number of benzene rings is 1. The summed E-state index contributed by atoms with van der Waals surface area (Å²) in [6, 6.07) is 5.63. The molecule has 0 bridgehead atoms. The van der Waals surface area contributed by atoms with Crippen LogP contribution >= 0.6 is 11.6 Å². The summed E-state index contributed by atoms with van der Waals surface area (Å²) in [5.41, 5.74) is 1.79. The van der Waals surface area contributed by atoms with Crippen LogP contribution in [0.3, 0.4) is 0 Å². The highest BCUT2D eigenvalue weighted by atomic mass is 35.5. The highest BCUT2D eigenvalue weighted by molar-refractivity contribution is 6.31. The maximum atomic E-state index is 11.4. The summed E-state index contributed by atoms with van der Waals surface area (Å²) in [6.07, 6.45) is 0.917. The van der Waals surface area contributed by atoms with Crippen molar-refractivity contribution in [3.05, 3.63) is 34.3 Å². The van der Waals surface area contributed by atoms with E-state index in [1.165, 1.54) is 0 Å². The van der Waals surface area contributed by atoms with Gasteiger partial charge in [-0.2, -0.15) is 0 Å². The average molecular weight is 196 g/mol. The molecule has 0 radical (unpaired) electrons. The van der Waals surface area contributed by atoms with E-state index in [4.69, 9.17) is 11.6 Å². The lowest BCUT2D eigenvalue weighted by molar-refractivity contribution is 0.0955. The van der Waals surface area contributed by atoms with Gasteiger partial charge in [-0.15, -0.1) is 0 Å². The molecule has 13 heavy (non-hydrogen) atoms. The summed E-state index contributed by atoms with van der Waals surface area (Å²) >= 11 is 5.80. The first-order chi connectivity index (χ1) is 6.22. The van der Waals surface area contributed by atoms with Gasteiger partial charge in [0.2, 0.25) is 0 Å². The zero-order chi connectivity index (χ0) is 9.42. The van der Waals surface area contributed by atoms with Crippen LogP contribution in [0.25, 0.3) is 0 Å². The van der Waals surface area contributed by atoms with Crippen LogP contribution in [0.15, 0.2) is 18.2 Å². The Morgan fingerprint density at radius 3 is 3.00 bits per heavy atom. The van der Waals surface area contributed by atoms with Crippen LogP contribution in [0.1, 0.15) is 35.3 Å². The van der Waals surface area contributed by atoms with E-state index < -0.39 is 0 Å². The Kier molecular flexibility index (Phi) is 2.00. The third-order valence-corrected chi connectivity index (χ3v) is 2.58. The quantitative estimate of drug-likeness (QED) is 0.733. The molecule has 1 aliphatic rings. The monoisotopic (exact) mass is 195 g/mol. The van der Waals surface area contributed by atoms with Crippen molar-refractivity contribution in [2.45, 2.75) is 19.4 Å². The molecule has 1 unspecified atom stereocenters. The molecule has 0 fully saturated rings. The smallest absolute Gasteiger partial charge is 0.252 e. The molecular formula is C10H10ClNO. The van der Waals surface area contributed by atoms with Gasteiger partial charge in [-0.3, -0.25) is 4.79 Å². The minimum Gasteiger partial charge on any atom is -0.345 e. The van der Waals surface area contributed by atoms with E-state index in [1.807, 2.05) is 12.1 Å². The van der Waals surface area contributed by atoms with E-state index in [-0.39, 0.29) is 11.9 Å². The summed E-state index contributed by atoms with van der Waals surface area (Å²) in [5, 5.41) is 3.51. The lowest BCUT2D eigenvalue weighted by atomic mass is 10.0. The number of hydrogen-bond acceptors (Lipinski definition) is 1. The molecule has 2 nitrogen and oxygen atoms in total. The first-order valence-corrected chi connectivity index (χ1v) is 4.70. The number of carbonyl (C=O) groups is 1. The van der Waals surface area contributed by atoms with Gasteiger partial charge in [-0.25, -0.2) is 0 Å². The van der Waals surface area contributed by atoms with E-state index in [0.717, 1.165) is 17.5 Å². The zero-order valence-corrected chi connectivity index (χ0v) is 8.06. The molecule has 1 amide bonds. The van der Waals surface area contributed by atoms with Gasteiger partial charge in [0, 0.05) is 10.6 Å². The molecular weight excluding hydrogens is 186 g/mol. The maximum Gasteiger partial charge on any atom is 0.252 e. The number of nitrogens with one attached hydrogen (secondary N) is 1. The lowest BCUT2D eigenvalue weighted by Crippen LogP contribution is -2.17. The molecule has 0 aliphatic carbocycles. The SMILES string of the molecule is CCC1NC(=O)c2cc(Cl)ccc21. The van der Waals surface area contributed by atoms with Crippen molar-refractivity contribution >= 4 is 17.5 Å². The minimum atomic E-state index is -0.00986. The summed E-state index contributed by atoms with van der Waals surface area (Å²) in [5.74, 6) is -0.00986. The van der Waals surface area contributed by atoms with Crippen LogP contribution < -0.4 is 5.32 Å². The Bertz CT molecular complexity index is 362. The Hall–Kier alpha value is -1.02. The number of carbonyl (C=O) groups excluding carboxylic acids is 1. The van der Waals surface area contributed by atoms with Gasteiger partial charge in [0.05, 0.1) is 6.04 Å². The Morgan fingerprint density at radius 1 is 1.54 bits per heavy atom. The second kappa shape index (κ2) is 3.04. The second-order valence-electron chi connectivity index (χ2n) is 3.17. The number of amides is 1. The Balaban J connectivity index is 2.52. The van der Waals surface area contributed by atoms with Crippen LogP contribution in [0, 0.1) is 0 Å². The van der Waals surface area contributed by atoms with E-state index in [1.54, 1.807) is 6.07 Å². The molecule has 0 saturated heterocycles. The standard InChI is InChI=1S/C10H10ClNO/c1-2-9-7-4-3-6(11)5-8(7)10(13)12-9/h3-5,9H,2H2,1H3,(H,12,13). The third-order valence-electron chi connectivity index (χ3n) is 2.35. The lowest BCUT2D eigenvalue weighted by Gasteiger charge is -2.06. The average Bonchev–Trinajstić information content (AvgIpc) is 2.43. The highest BCUT2D eigenvalue weighted by Crippen LogP contribution is 2.29. The summed E-state index contributed by atoms with van der Waals surface area (Å²) in [6.45, 7) is 2.05. The number of rotatable bonds is 1. The van der Waals surface area contributed by atoms with Crippen molar-refractivity contribution in [2.75, 3.05) is 0 Å². The summed E-state index contributed by atoms with van der Waals surface area (Å²) in [4.78, 5) is 11.4. The molecule has 1 aromatic carbocycles. The first kappa shape index (κ1) is 8.57. The molecule has 1 aliphatic heterocycles. The summed E-state index contributed by atoms with van der Waals surface area (Å²) in [7, 11) is 0. The van der Waals surface area contributed by atoms with Crippen molar-refractivity contribution in [1.82, 2.24) is 5.32 Å². The Morgan fingerprint density at radius 2 is 2.31 bits per heavy atom. The molecule has 1 aromatic rings. The minimum absolute atomic E-state index is 0.00986. The largest absolute Gasteiger partial charge is 0.345 e. The van der Waals surface area contributed by atoms with Crippen LogP contribution in [0.4, 0.5) is 0 Å². The van der Waals surface area contributed by atoms with Crippen molar-refractivity contribution < 1.29 is 4.79 Å². The molecule has 0 aromatic heterocycles. The summed E-state index contributed by atoms with van der Waals surface area (Å²) < 4.78 is 0. The van der Waals surface area contributed by atoms with Gasteiger partial charge in [0.25, 0.3) is 5.91 Å². The van der Waals surface area contributed by atoms with E-state index in [0.29, 0.717) is 5.02 Å². The molecule has 1 atom stereocenters. The van der Waals surface area contributed by atoms with Crippen LogP contribution in [-0.4, -0.2) is 5.91 Å². The highest BCUT2D eigenvalue weighted by Gasteiger charge is 2.26. The van der Waals surface area contributed by atoms with Gasteiger partial charge < -0.3 is 5.32 Å². The predicted octanol–water partition coefficient (Wildman–Crippen LogP) is 2.53. The Labute approximate surface area is 81.9 Å². The number of fused-ring (bicyclic) bond motifs is 1. The maximum absolute atomic E-state index is 11.4. The molecule has 1 heterocycles. The topological polar surface area (TPSA) is 29.1 Å². The fourth-order valence-electron chi connectivity index (χ4n) is 1.66. The predicted molar refractivity (Wildman–Crippen MR) is 52.0 cm³/mol. The third kappa shape index (κ3) is 1.31. The van der Waals surface area contributed by atoms with Crippen LogP contribution in [0.5, 0.6) is 0 Å². The molecule has 1 N–H and O–H groups in total. The van der Waals surface area contributed by atoms with Gasteiger partial charge in [-0.05, 0) is 24.1 Å². The molecule has 2 rings (SSSR count). The number of halogens is 1. The van der Waals surface area contributed by atoms with Gasteiger partial charge in [0.1, 0.15) is 0 Å². The molecule has 0 saturated carbocycles. The second-order valence-corrected chi connectivity index (χ2v) is 3.60. The van der Waals surface area contributed by atoms with E-state index in [2.05, 4.69) is 12.2 Å². The molecule has 68 valence electrons. The van der Waals surface area contributed by atoms with Crippen molar-refractivity contribution in [1.29, 1.82) is 0 Å². The first-order valence-electron chi connectivity index (χ1n) is 4.32. The van der Waals surface area contributed by atoms with Crippen LogP contribution in [0.2, 0.25) is 5.02 Å². The van der Waals surface area contributed by atoms with Crippen molar-refractivity contribution in [2.24, 2.45) is 0 Å². The van der Waals surface area contributed by atoms with Gasteiger partial charge in [-0.1, -0.05) is 24.6 Å². The van der Waals surface area contributed by atoms with Crippen LogP contribution in [-0.2, 0) is 0 Å². The van der Waals surface area contributed by atoms with Crippen molar-refractivity contribution in [3.8, 4) is 0 Å². The fraction of sp³-hybridized carbons (Fsp3) is 0.300. The molecule has 3 heteroatoms. The van der Waals surface area contributed by atoms with Gasteiger partial charge >= 0.3 is 0 Å².